The molecule has 4 aromatic rings. The summed E-state index contributed by atoms with van der Waals surface area (Å²) >= 11 is 0. The van der Waals surface area contributed by atoms with Crippen molar-refractivity contribution < 1.29 is 9.18 Å². The van der Waals surface area contributed by atoms with Gasteiger partial charge in [-0.15, -0.1) is 0 Å². The minimum atomic E-state index is -0.307. The zero-order valence-electron chi connectivity index (χ0n) is 17.6. The van der Waals surface area contributed by atoms with E-state index in [0.29, 0.717) is 23.2 Å². The van der Waals surface area contributed by atoms with Crippen LogP contribution in [0.5, 0.6) is 0 Å². The average molecular weight is 427 g/mol. The topological polar surface area (TPSA) is 75.6 Å². The molecule has 0 fully saturated rings. The van der Waals surface area contributed by atoms with Gasteiger partial charge in [0.05, 0.1) is 12.4 Å². The summed E-state index contributed by atoms with van der Waals surface area (Å²) in [4.78, 5) is 12.7. The molecule has 0 aliphatic carbocycles. The molecule has 7 heteroatoms. The number of aromatic nitrogens is 4. The van der Waals surface area contributed by atoms with Gasteiger partial charge in [0.2, 0.25) is 0 Å². The zero-order chi connectivity index (χ0) is 22.3. The fourth-order valence-corrected chi connectivity index (χ4v) is 3.28. The number of nitrogens with one attached hydrogen (secondary N) is 2. The largest absolute Gasteiger partial charge is 0.352 e. The molecule has 2 aromatic heterocycles. The lowest BCUT2D eigenvalue weighted by Crippen LogP contribution is -2.24. The highest BCUT2D eigenvalue weighted by atomic mass is 19.1. The Kier molecular flexibility index (Phi) is 6.42. The van der Waals surface area contributed by atoms with Crippen molar-refractivity contribution in [2.45, 2.75) is 12.8 Å². The van der Waals surface area contributed by atoms with Crippen molar-refractivity contribution in [3.05, 3.63) is 95.3 Å². The number of hydrogen-bond donors (Lipinski definition) is 2. The Morgan fingerprint density at radius 2 is 2.00 bits per heavy atom. The van der Waals surface area contributed by atoms with Crippen molar-refractivity contribution in [1.29, 1.82) is 0 Å². The van der Waals surface area contributed by atoms with E-state index in [9.17, 15) is 9.18 Å². The fourth-order valence-electron chi connectivity index (χ4n) is 3.28. The smallest absolute Gasteiger partial charge is 0.251 e. The Hall–Kier alpha value is -4.18. The monoisotopic (exact) mass is 427 g/mol. The van der Waals surface area contributed by atoms with E-state index in [4.69, 9.17) is 0 Å². The maximum atomic E-state index is 13.2. The van der Waals surface area contributed by atoms with Crippen molar-refractivity contribution in [2.24, 2.45) is 7.05 Å². The summed E-state index contributed by atoms with van der Waals surface area (Å²) in [7, 11) is 1.85. The third-order valence-corrected chi connectivity index (χ3v) is 4.97. The second-order valence-electron chi connectivity index (χ2n) is 7.39. The summed E-state index contributed by atoms with van der Waals surface area (Å²) in [5.41, 5.74) is 4.82. The lowest BCUT2D eigenvalue weighted by molar-refractivity contribution is 0.0953. The summed E-state index contributed by atoms with van der Waals surface area (Å²) in [5.74, 6) is 5.73. The molecule has 2 heterocycles. The van der Waals surface area contributed by atoms with E-state index in [1.54, 1.807) is 41.3 Å². The van der Waals surface area contributed by atoms with Crippen LogP contribution in [0.15, 0.2) is 67.3 Å². The van der Waals surface area contributed by atoms with Gasteiger partial charge in [-0.05, 0) is 54.8 Å². The summed E-state index contributed by atoms with van der Waals surface area (Å²) in [6.45, 7) is 0.560. The van der Waals surface area contributed by atoms with Crippen LogP contribution < -0.4 is 5.32 Å². The number of aryl methyl sites for hydroxylation is 2. The third kappa shape index (κ3) is 5.29. The van der Waals surface area contributed by atoms with E-state index in [1.807, 2.05) is 25.5 Å². The first-order valence-corrected chi connectivity index (χ1v) is 10.2. The molecule has 0 atom stereocenters. The van der Waals surface area contributed by atoms with E-state index in [0.717, 1.165) is 29.5 Å². The molecule has 0 aliphatic heterocycles. The molecule has 0 spiro atoms. The first-order valence-electron chi connectivity index (χ1n) is 10.2. The van der Waals surface area contributed by atoms with Gasteiger partial charge in [0.25, 0.3) is 5.91 Å². The number of benzene rings is 2. The highest BCUT2D eigenvalue weighted by Gasteiger charge is 2.11. The summed E-state index contributed by atoms with van der Waals surface area (Å²) in [6, 6.07) is 11.5. The highest BCUT2D eigenvalue weighted by molar-refractivity contribution is 5.95. The number of halogens is 1. The first kappa shape index (κ1) is 21.1. The van der Waals surface area contributed by atoms with Gasteiger partial charge in [0.1, 0.15) is 5.82 Å². The van der Waals surface area contributed by atoms with Crippen LogP contribution in [0.2, 0.25) is 0 Å². The predicted octanol–water partition coefficient (Wildman–Crippen LogP) is 3.71. The van der Waals surface area contributed by atoms with Crippen LogP contribution in [0.1, 0.15) is 33.5 Å². The van der Waals surface area contributed by atoms with Crippen LogP contribution in [-0.4, -0.2) is 32.4 Å². The number of aromatic amines is 1. The van der Waals surface area contributed by atoms with Gasteiger partial charge in [0.15, 0.2) is 0 Å². The van der Waals surface area contributed by atoms with Crippen molar-refractivity contribution in [2.75, 3.05) is 6.54 Å². The van der Waals surface area contributed by atoms with Crippen LogP contribution in [0.3, 0.4) is 0 Å². The van der Waals surface area contributed by atoms with Gasteiger partial charge < -0.3 is 5.32 Å². The quantitative estimate of drug-likeness (QED) is 0.364. The van der Waals surface area contributed by atoms with Crippen LogP contribution >= 0.6 is 0 Å². The third-order valence-electron chi connectivity index (χ3n) is 4.97. The van der Waals surface area contributed by atoms with Gasteiger partial charge in [-0.1, -0.05) is 17.9 Å². The van der Waals surface area contributed by atoms with Crippen LogP contribution in [0.25, 0.3) is 11.1 Å². The summed E-state index contributed by atoms with van der Waals surface area (Å²) in [6.07, 6.45) is 8.94. The molecule has 2 N–H and O–H groups in total. The van der Waals surface area contributed by atoms with Crippen LogP contribution in [0.4, 0.5) is 4.39 Å². The zero-order valence-corrected chi connectivity index (χ0v) is 17.6. The molecule has 32 heavy (non-hydrogen) atoms. The number of carbonyl (C=O) groups is 1. The Balaban J connectivity index is 1.54. The molecule has 0 bridgehead atoms. The Morgan fingerprint density at radius 1 is 1.16 bits per heavy atom. The maximum Gasteiger partial charge on any atom is 0.251 e. The predicted molar refractivity (Wildman–Crippen MR) is 120 cm³/mol. The molecular formula is C25H22FN5O. The van der Waals surface area contributed by atoms with E-state index in [-0.39, 0.29) is 11.7 Å². The second-order valence-corrected chi connectivity index (χ2v) is 7.39. The molecule has 0 aliphatic rings. The van der Waals surface area contributed by atoms with Gasteiger partial charge in [-0.3, -0.25) is 14.6 Å². The molecular weight excluding hydrogens is 405 g/mol. The molecule has 0 saturated carbocycles. The maximum absolute atomic E-state index is 13.2. The minimum absolute atomic E-state index is 0.153. The Labute approximate surface area is 185 Å². The molecule has 6 nitrogen and oxygen atoms in total. The number of amides is 1. The van der Waals surface area contributed by atoms with E-state index in [1.165, 1.54) is 12.1 Å². The Bertz CT molecular complexity index is 1260. The SMILES string of the molecule is Cn1cc(-c2ccc(C(=O)NCCCc3cn[nH]c3)cc2C#Cc2ccc(F)cc2)cn1. The Morgan fingerprint density at radius 3 is 2.72 bits per heavy atom. The standard InChI is InChI=1S/C25H22FN5O/c1-31-17-22(16-30-31)24-11-8-21(25(32)27-12-2-3-19-14-28-29-15-19)13-20(24)7-4-18-5-9-23(26)10-6-18/h5-6,8-11,13-17H,2-3,12H2,1H3,(H,27,32)(H,28,29). The molecule has 160 valence electrons. The fraction of sp³-hybridized carbons (Fsp3) is 0.160. The van der Waals surface area contributed by atoms with Gasteiger partial charge >= 0.3 is 0 Å². The molecule has 0 radical (unpaired) electrons. The van der Waals surface area contributed by atoms with Crippen molar-refractivity contribution in [3.8, 4) is 23.0 Å². The number of rotatable bonds is 6. The average Bonchev–Trinajstić information content (AvgIpc) is 3.48. The normalized spacial score (nSPS) is 10.4. The molecule has 1 amide bonds. The van der Waals surface area contributed by atoms with Crippen molar-refractivity contribution in [1.82, 2.24) is 25.3 Å². The number of hydrogen-bond acceptors (Lipinski definition) is 3. The molecule has 0 saturated heterocycles. The summed E-state index contributed by atoms with van der Waals surface area (Å²) < 4.78 is 14.9. The first-order chi connectivity index (χ1) is 15.6. The van der Waals surface area contributed by atoms with Gasteiger partial charge in [0, 0.05) is 53.8 Å². The van der Waals surface area contributed by atoms with E-state index >= 15 is 0 Å². The van der Waals surface area contributed by atoms with Crippen molar-refractivity contribution >= 4 is 5.91 Å². The van der Waals surface area contributed by atoms with Crippen molar-refractivity contribution in [3.63, 3.8) is 0 Å². The number of H-pyrrole nitrogens is 1. The van der Waals surface area contributed by atoms with Crippen LogP contribution in [0, 0.1) is 17.7 Å². The molecule has 4 rings (SSSR count). The second kappa shape index (κ2) is 9.75. The lowest BCUT2D eigenvalue weighted by atomic mass is 9.99. The van der Waals surface area contributed by atoms with E-state index in [2.05, 4.69) is 32.5 Å². The number of nitrogens with zero attached hydrogens (tertiary/aromatic N) is 3. The minimum Gasteiger partial charge on any atom is -0.352 e. The van der Waals surface area contributed by atoms with Gasteiger partial charge in [-0.2, -0.15) is 10.2 Å². The highest BCUT2D eigenvalue weighted by Crippen LogP contribution is 2.24. The lowest BCUT2D eigenvalue weighted by Gasteiger charge is -2.08. The van der Waals surface area contributed by atoms with Gasteiger partial charge in [-0.25, -0.2) is 4.39 Å². The molecule has 0 unspecified atom stereocenters. The van der Waals surface area contributed by atoms with Crippen LogP contribution in [-0.2, 0) is 13.5 Å². The number of carbonyl (C=O) groups excluding carboxylic acids is 1. The summed E-state index contributed by atoms with van der Waals surface area (Å²) in [5, 5.41) is 13.9. The van der Waals surface area contributed by atoms with E-state index < -0.39 is 0 Å². The molecule has 2 aromatic carbocycles.